The smallest absolute Gasteiger partial charge is 0.124 e. The van der Waals surface area contributed by atoms with Gasteiger partial charge < -0.3 is 4.79 Å². The molecule has 0 aromatic heterocycles. The minimum Gasteiger partial charge on any atom is -0.303 e. The Morgan fingerprint density at radius 3 is 2.16 bits per heavy atom. The molecule has 0 saturated heterocycles. The molecule has 98 valence electrons. The van der Waals surface area contributed by atoms with Crippen molar-refractivity contribution in [3.05, 3.63) is 56.0 Å². The second-order valence-corrected chi connectivity index (χ2v) is 5.55. The van der Waals surface area contributed by atoms with Crippen molar-refractivity contribution in [2.45, 2.75) is 6.42 Å². The maximum Gasteiger partial charge on any atom is 0.124 e. The van der Waals surface area contributed by atoms with Gasteiger partial charge in [0, 0.05) is 11.4 Å². The number of benzene rings is 2. The summed E-state index contributed by atoms with van der Waals surface area (Å²) in [6, 6.07) is 8.76. The molecule has 1 nitrogen and oxygen atoms in total. The van der Waals surface area contributed by atoms with E-state index >= 15 is 0 Å². The molecule has 0 spiro atoms. The van der Waals surface area contributed by atoms with E-state index in [4.69, 9.17) is 46.4 Å². The predicted octanol–water partition coefficient (Wildman–Crippen LogP) is 5.71. The SMILES string of the molecule is O=CCc1cc(Cl)ccc1-c1cc(Cl)c(Cl)c(Cl)c1. The van der Waals surface area contributed by atoms with E-state index in [2.05, 4.69) is 0 Å². The van der Waals surface area contributed by atoms with Crippen LogP contribution in [0.4, 0.5) is 0 Å². The lowest BCUT2D eigenvalue weighted by molar-refractivity contribution is -0.107. The van der Waals surface area contributed by atoms with Gasteiger partial charge in [0.1, 0.15) is 6.29 Å². The Morgan fingerprint density at radius 2 is 1.58 bits per heavy atom. The predicted molar refractivity (Wildman–Crippen MR) is 81.7 cm³/mol. The molecule has 0 heterocycles. The summed E-state index contributed by atoms with van der Waals surface area (Å²) in [5.41, 5.74) is 2.47. The maximum atomic E-state index is 10.7. The number of rotatable bonds is 3. The van der Waals surface area contributed by atoms with E-state index in [1.165, 1.54) is 0 Å². The fourth-order valence-corrected chi connectivity index (χ4v) is 2.60. The van der Waals surface area contributed by atoms with E-state index in [0.717, 1.165) is 23.0 Å². The average molecular weight is 334 g/mol. The fourth-order valence-electron chi connectivity index (χ4n) is 1.81. The van der Waals surface area contributed by atoms with Crippen molar-refractivity contribution < 1.29 is 4.79 Å². The quantitative estimate of drug-likeness (QED) is 0.519. The number of halogens is 4. The Bertz CT molecular complexity index is 614. The second-order valence-electron chi connectivity index (χ2n) is 3.93. The van der Waals surface area contributed by atoms with Crippen LogP contribution in [0.25, 0.3) is 11.1 Å². The Labute approximate surface area is 131 Å². The molecule has 19 heavy (non-hydrogen) atoms. The van der Waals surface area contributed by atoms with Crippen molar-refractivity contribution in [1.29, 1.82) is 0 Å². The van der Waals surface area contributed by atoms with Gasteiger partial charge in [-0.25, -0.2) is 0 Å². The minimum absolute atomic E-state index is 0.272. The highest BCUT2D eigenvalue weighted by Crippen LogP contribution is 2.36. The number of aldehydes is 1. The molecule has 0 aliphatic rings. The molecule has 0 aliphatic heterocycles. The molecule has 5 heteroatoms. The van der Waals surface area contributed by atoms with Crippen LogP contribution in [0.15, 0.2) is 30.3 Å². The lowest BCUT2D eigenvalue weighted by Crippen LogP contribution is -1.92. The number of hydrogen-bond acceptors (Lipinski definition) is 1. The summed E-state index contributed by atoms with van der Waals surface area (Å²) in [6.07, 6.45) is 1.10. The molecule has 0 saturated carbocycles. The molecule has 2 aromatic rings. The molecule has 0 aliphatic carbocycles. The Balaban J connectivity index is 2.61. The van der Waals surface area contributed by atoms with Gasteiger partial charge in [-0.15, -0.1) is 0 Å². The van der Waals surface area contributed by atoms with Crippen LogP contribution >= 0.6 is 46.4 Å². The first-order chi connectivity index (χ1) is 9.02. The van der Waals surface area contributed by atoms with Crippen LogP contribution in [0.3, 0.4) is 0 Å². The standard InChI is InChI=1S/C14H8Cl4O/c15-10-1-2-11(8(5-10)3-4-19)9-6-12(16)14(18)13(17)7-9/h1-2,4-7H,3H2. The molecule has 0 amide bonds. The zero-order valence-corrected chi connectivity index (χ0v) is 12.6. The zero-order chi connectivity index (χ0) is 14.0. The Hall–Kier alpha value is -0.730. The Kier molecular flexibility index (Phi) is 4.75. The van der Waals surface area contributed by atoms with Crippen molar-refractivity contribution in [2.24, 2.45) is 0 Å². The summed E-state index contributed by atoms with van der Waals surface area (Å²) in [5, 5.41) is 1.64. The van der Waals surface area contributed by atoms with Gasteiger partial charge in [-0.2, -0.15) is 0 Å². The molecule has 0 atom stereocenters. The third-order valence-corrected chi connectivity index (χ3v) is 4.10. The molecule has 0 unspecified atom stereocenters. The number of hydrogen-bond donors (Lipinski definition) is 0. The third kappa shape index (κ3) is 3.24. The molecule has 0 fully saturated rings. The topological polar surface area (TPSA) is 17.1 Å². The third-order valence-electron chi connectivity index (χ3n) is 2.67. The highest BCUT2D eigenvalue weighted by molar-refractivity contribution is 6.48. The molecule has 2 aromatic carbocycles. The van der Waals surface area contributed by atoms with Gasteiger partial charge in [-0.3, -0.25) is 0 Å². The van der Waals surface area contributed by atoms with E-state index in [1.54, 1.807) is 24.3 Å². The van der Waals surface area contributed by atoms with E-state index in [1.807, 2.05) is 6.07 Å². The maximum absolute atomic E-state index is 10.7. The molecular weight excluding hydrogens is 326 g/mol. The van der Waals surface area contributed by atoms with E-state index in [9.17, 15) is 4.79 Å². The van der Waals surface area contributed by atoms with Crippen molar-refractivity contribution in [3.63, 3.8) is 0 Å². The largest absolute Gasteiger partial charge is 0.303 e. The van der Waals surface area contributed by atoms with E-state index in [-0.39, 0.29) is 6.42 Å². The molecule has 0 bridgehead atoms. The summed E-state index contributed by atoms with van der Waals surface area (Å²) < 4.78 is 0. The first-order valence-electron chi connectivity index (χ1n) is 5.40. The van der Waals surface area contributed by atoms with Gasteiger partial charge in [0.25, 0.3) is 0 Å². The van der Waals surface area contributed by atoms with Gasteiger partial charge in [-0.1, -0.05) is 52.5 Å². The van der Waals surface area contributed by atoms with Crippen LogP contribution in [-0.2, 0) is 11.2 Å². The highest BCUT2D eigenvalue weighted by Gasteiger charge is 2.11. The van der Waals surface area contributed by atoms with Crippen LogP contribution in [0.1, 0.15) is 5.56 Å². The van der Waals surface area contributed by atoms with Crippen LogP contribution in [-0.4, -0.2) is 6.29 Å². The Morgan fingerprint density at radius 1 is 0.947 bits per heavy atom. The first-order valence-corrected chi connectivity index (χ1v) is 6.91. The second kappa shape index (κ2) is 6.15. The minimum atomic E-state index is 0.272. The van der Waals surface area contributed by atoms with Crippen molar-refractivity contribution in [1.82, 2.24) is 0 Å². The lowest BCUT2D eigenvalue weighted by atomic mass is 9.98. The first kappa shape index (κ1) is 14.7. The van der Waals surface area contributed by atoms with Crippen LogP contribution in [0, 0.1) is 0 Å². The lowest BCUT2D eigenvalue weighted by Gasteiger charge is -2.10. The van der Waals surface area contributed by atoms with Gasteiger partial charge in [0.15, 0.2) is 0 Å². The van der Waals surface area contributed by atoms with Gasteiger partial charge in [-0.05, 0) is 41.0 Å². The zero-order valence-electron chi connectivity index (χ0n) is 9.59. The van der Waals surface area contributed by atoms with Gasteiger partial charge >= 0.3 is 0 Å². The molecule has 0 N–H and O–H groups in total. The fraction of sp³-hybridized carbons (Fsp3) is 0.0714. The van der Waals surface area contributed by atoms with Crippen LogP contribution in [0.5, 0.6) is 0 Å². The summed E-state index contributed by atoms with van der Waals surface area (Å²) in [7, 11) is 0. The monoisotopic (exact) mass is 332 g/mol. The summed E-state index contributed by atoms with van der Waals surface area (Å²) in [4.78, 5) is 10.7. The summed E-state index contributed by atoms with van der Waals surface area (Å²) in [6.45, 7) is 0. The summed E-state index contributed by atoms with van der Waals surface area (Å²) in [5.74, 6) is 0. The number of carbonyl (C=O) groups excluding carboxylic acids is 1. The van der Waals surface area contributed by atoms with Crippen molar-refractivity contribution >= 4 is 52.7 Å². The van der Waals surface area contributed by atoms with Gasteiger partial charge in [0.05, 0.1) is 15.1 Å². The molecular formula is C14H8Cl4O. The summed E-state index contributed by atoms with van der Waals surface area (Å²) >= 11 is 23.9. The normalized spacial score (nSPS) is 10.5. The van der Waals surface area contributed by atoms with Crippen molar-refractivity contribution in [2.75, 3.05) is 0 Å². The van der Waals surface area contributed by atoms with Gasteiger partial charge in [0.2, 0.25) is 0 Å². The molecule has 0 radical (unpaired) electrons. The van der Waals surface area contributed by atoms with E-state index < -0.39 is 0 Å². The van der Waals surface area contributed by atoms with Crippen LogP contribution < -0.4 is 0 Å². The van der Waals surface area contributed by atoms with Crippen LogP contribution in [0.2, 0.25) is 20.1 Å². The average Bonchev–Trinajstić information content (AvgIpc) is 2.36. The van der Waals surface area contributed by atoms with E-state index in [0.29, 0.717) is 20.1 Å². The number of carbonyl (C=O) groups is 1. The molecule has 2 rings (SSSR count). The van der Waals surface area contributed by atoms with Crippen molar-refractivity contribution in [3.8, 4) is 11.1 Å². The highest BCUT2D eigenvalue weighted by atomic mass is 35.5.